The van der Waals surface area contributed by atoms with Gasteiger partial charge < -0.3 is 10.6 Å². The van der Waals surface area contributed by atoms with Crippen LogP contribution in [-0.2, 0) is 15.8 Å². The van der Waals surface area contributed by atoms with E-state index in [1.54, 1.807) is 6.07 Å². The van der Waals surface area contributed by atoms with Gasteiger partial charge in [-0.3, -0.25) is 9.59 Å². The summed E-state index contributed by atoms with van der Waals surface area (Å²) in [7, 11) is 0. The maximum absolute atomic E-state index is 14.2. The number of carbonyl (C=O) groups excluding carboxylic acids is 2. The molecule has 1 aliphatic heterocycles. The van der Waals surface area contributed by atoms with Crippen molar-refractivity contribution in [1.82, 2.24) is 5.32 Å². The lowest BCUT2D eigenvalue weighted by Crippen LogP contribution is -2.31. The summed E-state index contributed by atoms with van der Waals surface area (Å²) in [4.78, 5) is 24.3. The molecule has 0 saturated carbocycles. The first-order chi connectivity index (χ1) is 14.7. The van der Waals surface area contributed by atoms with E-state index in [1.165, 1.54) is 30.3 Å². The number of anilines is 1. The van der Waals surface area contributed by atoms with Crippen LogP contribution in [0.15, 0.2) is 59.1 Å². The summed E-state index contributed by atoms with van der Waals surface area (Å²) in [6.07, 6.45) is -4.67. The van der Waals surface area contributed by atoms with Crippen LogP contribution >= 0.6 is 11.8 Å². The van der Waals surface area contributed by atoms with Gasteiger partial charge in [0.15, 0.2) is 0 Å². The molecule has 3 rings (SSSR count). The topological polar surface area (TPSA) is 82.0 Å². The summed E-state index contributed by atoms with van der Waals surface area (Å²) < 4.78 is 52.6. The van der Waals surface area contributed by atoms with E-state index >= 15 is 0 Å². The van der Waals surface area contributed by atoms with E-state index in [2.05, 4.69) is 10.6 Å². The lowest BCUT2D eigenvalue weighted by molar-refractivity contribution is -0.137. The van der Waals surface area contributed by atoms with Gasteiger partial charge in [-0.15, -0.1) is 0 Å². The number of hydrogen-bond acceptors (Lipinski definition) is 4. The second-order valence-electron chi connectivity index (χ2n) is 6.60. The maximum Gasteiger partial charge on any atom is 0.416 e. The first-order valence-electron chi connectivity index (χ1n) is 8.97. The van der Waals surface area contributed by atoms with Gasteiger partial charge in [0.1, 0.15) is 5.82 Å². The quantitative estimate of drug-likeness (QED) is 0.656. The molecule has 0 radical (unpaired) electrons. The van der Waals surface area contributed by atoms with Gasteiger partial charge in [0.2, 0.25) is 11.8 Å². The number of rotatable bonds is 5. The monoisotopic (exact) mass is 449 g/mol. The fraction of sp³-hybridized carbons (Fsp3) is 0.190. The van der Waals surface area contributed by atoms with E-state index in [0.29, 0.717) is 0 Å². The molecule has 10 heteroatoms. The van der Waals surface area contributed by atoms with E-state index < -0.39 is 35.3 Å². The number of carbonyl (C=O) groups is 2. The Labute approximate surface area is 179 Å². The van der Waals surface area contributed by atoms with Crippen LogP contribution in [-0.4, -0.2) is 17.6 Å². The molecule has 0 aromatic heterocycles. The number of benzene rings is 2. The minimum absolute atomic E-state index is 0.0353. The summed E-state index contributed by atoms with van der Waals surface area (Å²) in [6, 6.07) is 11.9. The van der Waals surface area contributed by atoms with E-state index in [0.717, 1.165) is 23.9 Å². The highest BCUT2D eigenvalue weighted by Gasteiger charge is 2.32. The number of alkyl halides is 3. The molecule has 1 heterocycles. The second kappa shape index (κ2) is 9.22. The lowest BCUT2D eigenvalue weighted by Gasteiger charge is -2.25. The van der Waals surface area contributed by atoms with Gasteiger partial charge in [-0.05, 0) is 29.8 Å². The van der Waals surface area contributed by atoms with E-state index in [4.69, 9.17) is 0 Å². The first kappa shape index (κ1) is 22.4. The molecular formula is C21H15F4N3O2S. The summed E-state index contributed by atoms with van der Waals surface area (Å²) in [5, 5.41) is 14.6. The van der Waals surface area contributed by atoms with E-state index in [1.807, 2.05) is 6.07 Å². The van der Waals surface area contributed by atoms with Crippen LogP contribution in [0.2, 0.25) is 0 Å². The highest BCUT2D eigenvalue weighted by Crippen LogP contribution is 2.37. The van der Waals surface area contributed by atoms with Crippen LogP contribution in [0.1, 0.15) is 23.5 Å². The molecule has 0 fully saturated rings. The van der Waals surface area contributed by atoms with Crippen molar-refractivity contribution in [2.75, 3.05) is 11.1 Å². The zero-order chi connectivity index (χ0) is 22.6. The van der Waals surface area contributed by atoms with Gasteiger partial charge in [-0.1, -0.05) is 36.0 Å². The van der Waals surface area contributed by atoms with Gasteiger partial charge >= 0.3 is 6.18 Å². The smallest absolute Gasteiger partial charge is 0.325 e. The molecule has 160 valence electrons. The van der Waals surface area contributed by atoms with Gasteiger partial charge in [0, 0.05) is 18.0 Å². The van der Waals surface area contributed by atoms with Crippen LogP contribution < -0.4 is 10.6 Å². The third-order valence-corrected chi connectivity index (χ3v) is 5.48. The van der Waals surface area contributed by atoms with Crippen LogP contribution in [0.5, 0.6) is 0 Å². The molecule has 0 bridgehead atoms. The van der Waals surface area contributed by atoms with Crippen molar-refractivity contribution in [3.05, 3.63) is 76.1 Å². The van der Waals surface area contributed by atoms with Crippen molar-refractivity contribution in [3.8, 4) is 6.07 Å². The molecular weight excluding hydrogens is 434 g/mol. The van der Waals surface area contributed by atoms with Gasteiger partial charge in [-0.2, -0.15) is 18.4 Å². The standard InChI is InChI=1S/C21H15F4N3O2S/c22-17-7-2-1-6-14(17)15-9-18(29)28-20(16(15)10-26)31-11-19(30)27-13-5-3-4-12(8-13)21(23,24)25/h1-8,15H,9,11H2,(H,27,30)(H,28,29)/t15-/m1/s1. The highest BCUT2D eigenvalue weighted by molar-refractivity contribution is 8.03. The summed E-state index contributed by atoms with van der Waals surface area (Å²) >= 11 is 0.844. The molecule has 2 amide bonds. The molecule has 31 heavy (non-hydrogen) atoms. The van der Waals surface area contributed by atoms with Gasteiger partial charge in [0.25, 0.3) is 0 Å². The molecule has 2 aromatic carbocycles. The van der Waals surface area contributed by atoms with Gasteiger partial charge in [-0.25, -0.2) is 4.39 Å². The molecule has 2 aromatic rings. The number of halogens is 4. The summed E-state index contributed by atoms with van der Waals surface area (Å²) in [6.45, 7) is 0. The number of amides is 2. The molecule has 2 N–H and O–H groups in total. The lowest BCUT2D eigenvalue weighted by atomic mass is 9.87. The fourth-order valence-electron chi connectivity index (χ4n) is 3.06. The van der Waals surface area contributed by atoms with Gasteiger partial charge in [0.05, 0.1) is 28.0 Å². The highest BCUT2D eigenvalue weighted by atomic mass is 32.2. The van der Waals surface area contributed by atoms with Crippen molar-refractivity contribution < 1.29 is 27.2 Å². The van der Waals surface area contributed by atoms with Crippen LogP contribution in [0.4, 0.5) is 23.2 Å². The normalized spacial score (nSPS) is 16.5. The second-order valence-corrected chi connectivity index (χ2v) is 7.58. The van der Waals surface area contributed by atoms with Crippen LogP contribution in [0.3, 0.4) is 0 Å². The zero-order valence-corrected chi connectivity index (χ0v) is 16.6. The van der Waals surface area contributed by atoms with Crippen molar-refractivity contribution in [2.45, 2.75) is 18.5 Å². The van der Waals surface area contributed by atoms with E-state index in [-0.39, 0.29) is 34.0 Å². The Morgan fingerprint density at radius 1 is 1.23 bits per heavy atom. The predicted molar refractivity (Wildman–Crippen MR) is 107 cm³/mol. The molecule has 5 nitrogen and oxygen atoms in total. The molecule has 0 aliphatic carbocycles. The summed E-state index contributed by atoms with van der Waals surface area (Å²) in [5.74, 6) is -2.69. The van der Waals surface area contributed by atoms with Crippen molar-refractivity contribution in [2.24, 2.45) is 0 Å². The first-order valence-corrected chi connectivity index (χ1v) is 9.96. The Morgan fingerprint density at radius 2 is 1.97 bits per heavy atom. The van der Waals surface area contributed by atoms with E-state index in [9.17, 15) is 32.4 Å². The third-order valence-electron chi connectivity index (χ3n) is 4.46. The SMILES string of the molecule is N#CC1=C(SCC(=O)Nc2cccc(C(F)(F)F)c2)NC(=O)C[C@@H]1c1ccccc1F. The van der Waals surface area contributed by atoms with Crippen molar-refractivity contribution in [3.63, 3.8) is 0 Å². The average Bonchev–Trinajstić information content (AvgIpc) is 2.72. The molecule has 0 saturated heterocycles. The fourth-order valence-corrected chi connectivity index (χ4v) is 3.94. The van der Waals surface area contributed by atoms with Crippen LogP contribution in [0, 0.1) is 17.1 Å². The minimum atomic E-state index is -4.55. The molecule has 1 atom stereocenters. The Hall–Kier alpha value is -3.32. The van der Waals surface area contributed by atoms with Crippen LogP contribution in [0.25, 0.3) is 0 Å². The number of nitriles is 1. The largest absolute Gasteiger partial charge is 0.416 e. The number of nitrogens with zero attached hydrogens (tertiary/aromatic N) is 1. The molecule has 0 spiro atoms. The maximum atomic E-state index is 14.2. The third kappa shape index (κ3) is 5.44. The Bertz CT molecular complexity index is 1090. The number of allylic oxidation sites excluding steroid dienone is 1. The Balaban J connectivity index is 1.75. The zero-order valence-electron chi connectivity index (χ0n) is 15.8. The average molecular weight is 449 g/mol. The molecule has 1 aliphatic rings. The predicted octanol–water partition coefficient (Wildman–Crippen LogP) is 4.56. The summed E-state index contributed by atoms with van der Waals surface area (Å²) in [5.41, 5.74) is -0.631. The minimum Gasteiger partial charge on any atom is -0.325 e. The Morgan fingerprint density at radius 3 is 2.65 bits per heavy atom. The van der Waals surface area contributed by atoms with Crippen molar-refractivity contribution >= 4 is 29.3 Å². The number of nitrogens with one attached hydrogen (secondary N) is 2. The number of hydrogen-bond donors (Lipinski definition) is 2. The van der Waals surface area contributed by atoms with Crippen molar-refractivity contribution in [1.29, 1.82) is 5.26 Å². The number of thioether (sulfide) groups is 1. The Kier molecular flexibility index (Phi) is 6.65. The molecule has 0 unspecified atom stereocenters.